The molecule has 2 rings (SSSR count). The van der Waals surface area contributed by atoms with E-state index in [1.807, 2.05) is 0 Å². The lowest BCUT2D eigenvalue weighted by molar-refractivity contribution is 0.00571. The van der Waals surface area contributed by atoms with Gasteiger partial charge in [0, 0.05) is 19.3 Å². The van der Waals surface area contributed by atoms with Crippen LogP contribution in [-0.2, 0) is 9.47 Å². The van der Waals surface area contributed by atoms with Crippen molar-refractivity contribution in [3.8, 4) is 0 Å². The van der Waals surface area contributed by atoms with Gasteiger partial charge in [0.1, 0.15) is 16.8 Å². The molecule has 2 aromatic heterocycles. The fourth-order valence-corrected chi connectivity index (χ4v) is 2.66. The normalized spacial score (nSPS) is 13.3. The molecule has 0 aliphatic heterocycles. The predicted octanol–water partition coefficient (Wildman–Crippen LogP) is 4.27. The molecule has 0 aliphatic carbocycles. The first-order chi connectivity index (χ1) is 12.7. The van der Waals surface area contributed by atoms with Gasteiger partial charge in [-0.25, -0.2) is 19.1 Å². The second-order valence-corrected chi connectivity index (χ2v) is 8.95. The third-order valence-electron chi connectivity index (χ3n) is 3.77. The van der Waals surface area contributed by atoms with Crippen LogP contribution in [0.2, 0.25) is 5.15 Å². The first kappa shape index (κ1) is 21.9. The number of rotatable bonds is 3. The maximum absolute atomic E-state index is 12.8. The van der Waals surface area contributed by atoms with E-state index < -0.39 is 29.3 Å². The highest BCUT2D eigenvalue weighted by atomic mass is 35.5. The van der Waals surface area contributed by atoms with Crippen molar-refractivity contribution in [3.05, 3.63) is 28.7 Å². The standard InChI is InChI=1S/C19H27ClN4O4/c1-11(23(8)17(26)28-19(5,6)7)15-12(16(25)27-18(2,3)4)10-21-14-9-13(20)22-24(14)15/h9-11H,1-8H3/t11-/m0/s1. The Kier molecular flexibility index (Phi) is 5.94. The molecular formula is C19H27ClN4O4. The Hall–Kier alpha value is -2.35. The minimum absolute atomic E-state index is 0.199. The Morgan fingerprint density at radius 3 is 2.25 bits per heavy atom. The lowest BCUT2D eigenvalue weighted by Crippen LogP contribution is -2.37. The van der Waals surface area contributed by atoms with E-state index in [1.54, 1.807) is 61.6 Å². The number of halogens is 1. The Balaban J connectivity index is 2.54. The van der Waals surface area contributed by atoms with E-state index in [0.717, 1.165) is 0 Å². The molecule has 0 fully saturated rings. The van der Waals surface area contributed by atoms with E-state index in [-0.39, 0.29) is 10.7 Å². The number of hydrogen-bond donors (Lipinski definition) is 0. The molecule has 0 saturated heterocycles. The number of nitrogens with zero attached hydrogens (tertiary/aromatic N) is 4. The second kappa shape index (κ2) is 7.58. The molecule has 9 heteroatoms. The largest absolute Gasteiger partial charge is 0.456 e. The fraction of sp³-hybridized carbons (Fsp3) is 0.579. The van der Waals surface area contributed by atoms with Crippen LogP contribution in [0.5, 0.6) is 0 Å². The zero-order valence-electron chi connectivity index (χ0n) is 17.5. The summed E-state index contributed by atoms with van der Waals surface area (Å²) < 4.78 is 12.4. The molecule has 2 heterocycles. The topological polar surface area (TPSA) is 86.0 Å². The molecule has 28 heavy (non-hydrogen) atoms. The molecule has 2 aromatic rings. The van der Waals surface area contributed by atoms with E-state index in [0.29, 0.717) is 11.3 Å². The van der Waals surface area contributed by atoms with Crippen LogP contribution < -0.4 is 0 Å². The zero-order chi connectivity index (χ0) is 21.4. The Labute approximate surface area is 169 Å². The molecule has 0 unspecified atom stereocenters. The molecule has 0 aliphatic rings. The van der Waals surface area contributed by atoms with Crippen LogP contribution in [0.15, 0.2) is 12.3 Å². The van der Waals surface area contributed by atoms with E-state index in [1.165, 1.54) is 15.6 Å². The van der Waals surface area contributed by atoms with Crippen LogP contribution in [0.1, 0.15) is 70.6 Å². The molecule has 0 spiro atoms. The quantitative estimate of drug-likeness (QED) is 0.702. The van der Waals surface area contributed by atoms with Gasteiger partial charge in [-0.1, -0.05) is 11.6 Å². The Morgan fingerprint density at radius 2 is 1.71 bits per heavy atom. The van der Waals surface area contributed by atoms with Gasteiger partial charge < -0.3 is 14.4 Å². The summed E-state index contributed by atoms with van der Waals surface area (Å²) >= 11 is 6.03. The third kappa shape index (κ3) is 5.13. The molecule has 0 N–H and O–H groups in total. The van der Waals surface area contributed by atoms with Crippen molar-refractivity contribution in [1.82, 2.24) is 19.5 Å². The van der Waals surface area contributed by atoms with E-state index in [9.17, 15) is 9.59 Å². The summed E-state index contributed by atoms with van der Waals surface area (Å²) in [6, 6.07) is 1.00. The summed E-state index contributed by atoms with van der Waals surface area (Å²) in [7, 11) is 1.59. The summed E-state index contributed by atoms with van der Waals surface area (Å²) in [5.74, 6) is -0.562. The molecule has 1 amide bonds. The summed E-state index contributed by atoms with van der Waals surface area (Å²) in [6.07, 6.45) is 0.884. The van der Waals surface area contributed by atoms with Crippen LogP contribution >= 0.6 is 11.6 Å². The average molecular weight is 411 g/mol. The fourth-order valence-electron chi connectivity index (χ4n) is 2.49. The van der Waals surface area contributed by atoms with E-state index in [2.05, 4.69) is 10.1 Å². The van der Waals surface area contributed by atoms with Crippen molar-refractivity contribution in [2.75, 3.05) is 7.05 Å². The van der Waals surface area contributed by atoms with Crippen LogP contribution in [0.25, 0.3) is 5.65 Å². The lowest BCUT2D eigenvalue weighted by Gasteiger charge is -2.30. The number of hydrogen-bond acceptors (Lipinski definition) is 6. The van der Waals surface area contributed by atoms with Crippen molar-refractivity contribution in [3.63, 3.8) is 0 Å². The van der Waals surface area contributed by atoms with Crippen LogP contribution in [0.3, 0.4) is 0 Å². The highest BCUT2D eigenvalue weighted by Gasteiger charge is 2.31. The monoisotopic (exact) mass is 410 g/mol. The number of ether oxygens (including phenoxy) is 2. The molecule has 0 radical (unpaired) electrons. The van der Waals surface area contributed by atoms with Crippen LogP contribution in [-0.4, -0.2) is 49.8 Å². The Morgan fingerprint density at radius 1 is 1.14 bits per heavy atom. The number of fused-ring (bicyclic) bond motifs is 1. The lowest BCUT2D eigenvalue weighted by atomic mass is 10.1. The van der Waals surface area contributed by atoms with Gasteiger partial charge in [0.15, 0.2) is 10.8 Å². The zero-order valence-corrected chi connectivity index (χ0v) is 18.3. The summed E-state index contributed by atoms with van der Waals surface area (Å²) in [5, 5.41) is 4.45. The van der Waals surface area contributed by atoms with Gasteiger partial charge in [-0.15, -0.1) is 0 Å². The van der Waals surface area contributed by atoms with Gasteiger partial charge in [0.25, 0.3) is 0 Å². The predicted molar refractivity (Wildman–Crippen MR) is 106 cm³/mol. The van der Waals surface area contributed by atoms with Gasteiger partial charge in [-0.05, 0) is 48.5 Å². The first-order valence-electron chi connectivity index (χ1n) is 8.93. The van der Waals surface area contributed by atoms with Crippen molar-refractivity contribution in [1.29, 1.82) is 0 Å². The van der Waals surface area contributed by atoms with E-state index >= 15 is 0 Å². The summed E-state index contributed by atoms with van der Waals surface area (Å²) in [4.78, 5) is 31.0. The van der Waals surface area contributed by atoms with Crippen molar-refractivity contribution in [2.24, 2.45) is 0 Å². The third-order valence-corrected chi connectivity index (χ3v) is 3.95. The van der Waals surface area contributed by atoms with Crippen molar-refractivity contribution in [2.45, 2.75) is 65.7 Å². The molecule has 8 nitrogen and oxygen atoms in total. The molecule has 0 saturated carbocycles. The summed E-state index contributed by atoms with van der Waals surface area (Å²) in [5.41, 5.74) is -0.256. The van der Waals surface area contributed by atoms with Gasteiger partial charge >= 0.3 is 12.1 Å². The SMILES string of the molecule is C[C@@H](c1c(C(=O)OC(C)(C)C)cnc2cc(Cl)nn12)N(C)C(=O)OC(C)(C)C. The smallest absolute Gasteiger partial charge is 0.410 e. The highest BCUT2D eigenvalue weighted by molar-refractivity contribution is 6.29. The van der Waals surface area contributed by atoms with Gasteiger partial charge in [0.05, 0.1) is 11.7 Å². The van der Waals surface area contributed by atoms with E-state index in [4.69, 9.17) is 21.1 Å². The van der Waals surface area contributed by atoms with Crippen LogP contribution in [0.4, 0.5) is 4.79 Å². The molecular weight excluding hydrogens is 384 g/mol. The first-order valence-corrected chi connectivity index (χ1v) is 9.31. The highest BCUT2D eigenvalue weighted by Crippen LogP contribution is 2.27. The van der Waals surface area contributed by atoms with Crippen molar-refractivity contribution >= 4 is 29.3 Å². The number of aromatic nitrogens is 3. The second-order valence-electron chi connectivity index (χ2n) is 8.56. The summed E-state index contributed by atoms with van der Waals surface area (Å²) in [6.45, 7) is 12.4. The maximum Gasteiger partial charge on any atom is 0.410 e. The minimum Gasteiger partial charge on any atom is -0.456 e. The molecule has 1 atom stereocenters. The van der Waals surface area contributed by atoms with Crippen molar-refractivity contribution < 1.29 is 19.1 Å². The molecule has 0 aromatic carbocycles. The number of esters is 1. The molecule has 154 valence electrons. The van der Waals surface area contributed by atoms with Gasteiger partial charge in [-0.3, -0.25) is 0 Å². The van der Waals surface area contributed by atoms with Gasteiger partial charge in [0.2, 0.25) is 0 Å². The maximum atomic E-state index is 12.8. The number of carbonyl (C=O) groups excluding carboxylic acids is 2. The number of amides is 1. The average Bonchev–Trinajstić information content (AvgIpc) is 2.89. The molecule has 0 bridgehead atoms. The van der Waals surface area contributed by atoms with Crippen LogP contribution in [0, 0.1) is 0 Å². The Bertz CT molecular complexity index is 896. The number of carbonyl (C=O) groups is 2. The minimum atomic E-state index is -0.689. The van der Waals surface area contributed by atoms with Gasteiger partial charge in [-0.2, -0.15) is 5.10 Å².